The monoisotopic (exact) mass is 229 g/mol. The van der Waals surface area contributed by atoms with E-state index in [9.17, 15) is 8.78 Å². The second kappa shape index (κ2) is 5.92. The lowest BCUT2D eigenvalue weighted by Gasteiger charge is -2.20. The van der Waals surface area contributed by atoms with Crippen LogP contribution < -0.4 is 5.73 Å². The lowest BCUT2D eigenvalue weighted by atomic mass is 9.92. The molecule has 0 amide bonds. The fourth-order valence-corrected chi connectivity index (χ4v) is 1.56. The molecule has 0 spiro atoms. The Kier molecular flexibility index (Phi) is 4.83. The molecule has 0 heterocycles. The molecule has 0 saturated carbocycles. The van der Waals surface area contributed by atoms with E-state index >= 15 is 0 Å². The molecule has 0 aromatic heterocycles. The molecule has 0 radical (unpaired) electrons. The lowest BCUT2D eigenvalue weighted by molar-refractivity contribution is 0.174. The molecule has 0 aliphatic heterocycles. The van der Waals surface area contributed by atoms with Gasteiger partial charge in [0.2, 0.25) is 0 Å². The van der Waals surface area contributed by atoms with Gasteiger partial charge in [-0.05, 0) is 18.4 Å². The van der Waals surface area contributed by atoms with E-state index in [2.05, 4.69) is 0 Å². The van der Waals surface area contributed by atoms with Crippen molar-refractivity contribution in [1.29, 1.82) is 0 Å². The Hall–Kier alpha value is -1.00. The molecule has 0 bridgehead atoms. The van der Waals surface area contributed by atoms with Crippen LogP contribution in [0.5, 0.6) is 0 Å². The van der Waals surface area contributed by atoms with Gasteiger partial charge in [-0.15, -0.1) is 0 Å². The molecule has 4 heteroatoms. The fraction of sp³-hybridized carbons (Fsp3) is 0.500. The highest BCUT2D eigenvalue weighted by Crippen LogP contribution is 2.24. The quantitative estimate of drug-likeness (QED) is 0.842. The van der Waals surface area contributed by atoms with Gasteiger partial charge >= 0.3 is 0 Å². The van der Waals surface area contributed by atoms with Gasteiger partial charge in [-0.1, -0.05) is 13.0 Å². The zero-order valence-corrected chi connectivity index (χ0v) is 9.54. The highest BCUT2D eigenvalue weighted by Gasteiger charge is 2.18. The van der Waals surface area contributed by atoms with E-state index in [0.717, 1.165) is 12.5 Å². The molecule has 1 aromatic carbocycles. The molecule has 90 valence electrons. The van der Waals surface area contributed by atoms with Gasteiger partial charge in [0, 0.05) is 31.4 Å². The van der Waals surface area contributed by atoms with Crippen LogP contribution in [0.2, 0.25) is 0 Å². The molecule has 2 N–H and O–H groups in total. The molecule has 2 nitrogen and oxygen atoms in total. The molecule has 0 saturated heterocycles. The summed E-state index contributed by atoms with van der Waals surface area (Å²) in [5.41, 5.74) is 6.26. The summed E-state index contributed by atoms with van der Waals surface area (Å²) in [6.45, 7) is 2.50. The average molecular weight is 229 g/mol. The Morgan fingerprint density at radius 1 is 1.38 bits per heavy atom. The standard InChI is InChI=1S/C12H17F2NO/c1-8(5-6-16-2)12(15)10-4-3-9(13)7-11(10)14/h3-4,7-8,12H,5-6,15H2,1-2H3. The maximum Gasteiger partial charge on any atom is 0.130 e. The molecule has 0 fully saturated rings. The molecule has 1 aromatic rings. The van der Waals surface area contributed by atoms with Crippen LogP contribution in [0.1, 0.15) is 24.9 Å². The number of rotatable bonds is 5. The van der Waals surface area contributed by atoms with Crippen molar-refractivity contribution in [3.05, 3.63) is 35.4 Å². The Morgan fingerprint density at radius 2 is 2.06 bits per heavy atom. The first-order valence-corrected chi connectivity index (χ1v) is 5.25. The summed E-state index contributed by atoms with van der Waals surface area (Å²) in [6, 6.07) is 3.05. The summed E-state index contributed by atoms with van der Waals surface area (Å²) in [6.07, 6.45) is 0.745. The number of halogens is 2. The van der Waals surface area contributed by atoms with Crippen molar-refractivity contribution in [2.75, 3.05) is 13.7 Å². The topological polar surface area (TPSA) is 35.2 Å². The average Bonchev–Trinajstić information content (AvgIpc) is 2.25. The van der Waals surface area contributed by atoms with Gasteiger partial charge in [-0.3, -0.25) is 0 Å². The third-order valence-electron chi connectivity index (χ3n) is 2.71. The van der Waals surface area contributed by atoms with Crippen LogP contribution in [0.25, 0.3) is 0 Å². The number of ether oxygens (including phenoxy) is 1. The van der Waals surface area contributed by atoms with Crippen LogP contribution in [-0.4, -0.2) is 13.7 Å². The summed E-state index contributed by atoms with van der Waals surface area (Å²) in [5, 5.41) is 0. The third kappa shape index (κ3) is 3.25. The zero-order valence-electron chi connectivity index (χ0n) is 9.54. The first kappa shape index (κ1) is 13.1. The van der Waals surface area contributed by atoms with Gasteiger partial charge in [0.05, 0.1) is 0 Å². The minimum Gasteiger partial charge on any atom is -0.385 e. The SMILES string of the molecule is COCCC(C)C(N)c1ccc(F)cc1F. The lowest BCUT2D eigenvalue weighted by Crippen LogP contribution is -2.21. The van der Waals surface area contributed by atoms with Crippen molar-refractivity contribution < 1.29 is 13.5 Å². The van der Waals surface area contributed by atoms with E-state index in [0.29, 0.717) is 12.2 Å². The predicted octanol–water partition coefficient (Wildman–Crippen LogP) is 2.64. The summed E-state index contributed by atoms with van der Waals surface area (Å²) in [4.78, 5) is 0. The molecule has 2 atom stereocenters. The second-order valence-electron chi connectivity index (χ2n) is 3.95. The summed E-state index contributed by atoms with van der Waals surface area (Å²) in [5.74, 6) is -1.09. The van der Waals surface area contributed by atoms with Gasteiger partial charge in [0.1, 0.15) is 11.6 Å². The van der Waals surface area contributed by atoms with Crippen LogP contribution in [0.15, 0.2) is 18.2 Å². The first-order chi connectivity index (χ1) is 7.56. The van der Waals surface area contributed by atoms with E-state index < -0.39 is 17.7 Å². The highest BCUT2D eigenvalue weighted by molar-refractivity contribution is 5.22. The maximum absolute atomic E-state index is 13.4. The van der Waals surface area contributed by atoms with Crippen molar-refractivity contribution in [3.63, 3.8) is 0 Å². The van der Waals surface area contributed by atoms with Gasteiger partial charge in [-0.25, -0.2) is 8.78 Å². The van der Waals surface area contributed by atoms with E-state index in [1.807, 2.05) is 6.92 Å². The molecular weight excluding hydrogens is 212 g/mol. The third-order valence-corrected chi connectivity index (χ3v) is 2.71. The number of nitrogens with two attached hydrogens (primary N) is 1. The Labute approximate surface area is 94.4 Å². The summed E-state index contributed by atoms with van der Waals surface area (Å²) in [7, 11) is 1.61. The largest absolute Gasteiger partial charge is 0.385 e. The summed E-state index contributed by atoms with van der Waals surface area (Å²) < 4.78 is 31.1. The zero-order chi connectivity index (χ0) is 12.1. The van der Waals surface area contributed by atoms with E-state index in [1.54, 1.807) is 7.11 Å². The Morgan fingerprint density at radius 3 is 2.62 bits per heavy atom. The number of hydrogen-bond acceptors (Lipinski definition) is 2. The number of hydrogen-bond donors (Lipinski definition) is 1. The van der Waals surface area contributed by atoms with Crippen LogP contribution in [0.3, 0.4) is 0 Å². The van der Waals surface area contributed by atoms with Crippen molar-refractivity contribution in [2.24, 2.45) is 11.7 Å². The summed E-state index contributed by atoms with van der Waals surface area (Å²) >= 11 is 0. The van der Waals surface area contributed by atoms with Crippen molar-refractivity contribution in [2.45, 2.75) is 19.4 Å². The van der Waals surface area contributed by atoms with Crippen LogP contribution in [0, 0.1) is 17.6 Å². The van der Waals surface area contributed by atoms with Crippen LogP contribution >= 0.6 is 0 Å². The molecular formula is C12H17F2NO. The van der Waals surface area contributed by atoms with Crippen LogP contribution in [-0.2, 0) is 4.74 Å². The van der Waals surface area contributed by atoms with Crippen molar-refractivity contribution in [3.8, 4) is 0 Å². The Bertz CT molecular complexity index is 344. The van der Waals surface area contributed by atoms with Crippen molar-refractivity contribution >= 4 is 0 Å². The van der Waals surface area contributed by atoms with E-state index in [4.69, 9.17) is 10.5 Å². The van der Waals surface area contributed by atoms with Crippen LogP contribution in [0.4, 0.5) is 8.78 Å². The predicted molar refractivity (Wildman–Crippen MR) is 58.9 cm³/mol. The minimum absolute atomic E-state index is 0.0833. The molecule has 2 unspecified atom stereocenters. The van der Waals surface area contributed by atoms with Crippen molar-refractivity contribution in [1.82, 2.24) is 0 Å². The normalized spacial score (nSPS) is 14.8. The van der Waals surface area contributed by atoms with E-state index in [-0.39, 0.29) is 5.92 Å². The Balaban J connectivity index is 2.75. The first-order valence-electron chi connectivity index (χ1n) is 5.25. The minimum atomic E-state index is -0.586. The fourth-order valence-electron chi connectivity index (χ4n) is 1.56. The van der Waals surface area contributed by atoms with Gasteiger partial charge < -0.3 is 10.5 Å². The molecule has 16 heavy (non-hydrogen) atoms. The molecule has 0 aliphatic rings. The van der Waals surface area contributed by atoms with Gasteiger partial charge in [0.15, 0.2) is 0 Å². The highest BCUT2D eigenvalue weighted by atomic mass is 19.1. The maximum atomic E-state index is 13.4. The number of methoxy groups -OCH3 is 1. The van der Waals surface area contributed by atoms with Gasteiger partial charge in [0.25, 0.3) is 0 Å². The second-order valence-corrected chi connectivity index (χ2v) is 3.95. The molecule has 0 aliphatic carbocycles. The van der Waals surface area contributed by atoms with E-state index in [1.165, 1.54) is 12.1 Å². The molecule has 1 rings (SSSR count). The van der Waals surface area contributed by atoms with Gasteiger partial charge in [-0.2, -0.15) is 0 Å². The number of benzene rings is 1. The smallest absolute Gasteiger partial charge is 0.130 e.